The summed E-state index contributed by atoms with van der Waals surface area (Å²) in [6.45, 7) is 4.24. The van der Waals surface area contributed by atoms with Gasteiger partial charge in [0, 0.05) is 17.0 Å². The minimum atomic E-state index is -1.17. The monoisotopic (exact) mass is 487 g/mol. The molecule has 5 nitrogen and oxygen atoms in total. The normalized spacial score (nSPS) is 17.6. The van der Waals surface area contributed by atoms with Crippen LogP contribution < -0.4 is 4.74 Å². The molecule has 0 fully saturated rings. The van der Waals surface area contributed by atoms with Crippen molar-refractivity contribution in [2.75, 3.05) is 13.7 Å². The van der Waals surface area contributed by atoms with Crippen LogP contribution in [0.4, 0.5) is 0 Å². The van der Waals surface area contributed by atoms with Gasteiger partial charge in [0.25, 0.3) is 0 Å². The van der Waals surface area contributed by atoms with Crippen LogP contribution in [0, 0.1) is 0 Å². The number of carbonyl (C=O) groups is 2. The van der Waals surface area contributed by atoms with Crippen molar-refractivity contribution in [2.24, 2.45) is 0 Å². The van der Waals surface area contributed by atoms with Crippen LogP contribution in [0.2, 0.25) is 0 Å². The Bertz CT molecular complexity index is 1210. The molecule has 1 aliphatic heterocycles. The summed E-state index contributed by atoms with van der Waals surface area (Å²) in [6, 6.07) is 27.2. The molecule has 1 aliphatic rings. The Morgan fingerprint density at radius 3 is 2.14 bits per heavy atom. The van der Waals surface area contributed by atoms with Gasteiger partial charge in [0.2, 0.25) is 5.91 Å². The Kier molecular flexibility index (Phi) is 7.61. The van der Waals surface area contributed by atoms with Gasteiger partial charge in [-0.2, -0.15) is 0 Å². The molecule has 0 unspecified atom stereocenters. The van der Waals surface area contributed by atoms with Gasteiger partial charge in [-0.3, -0.25) is 4.79 Å². The van der Waals surface area contributed by atoms with Gasteiger partial charge < -0.3 is 14.4 Å². The van der Waals surface area contributed by atoms with E-state index in [9.17, 15) is 9.59 Å². The van der Waals surface area contributed by atoms with E-state index in [-0.39, 0.29) is 12.5 Å². The molecule has 0 aliphatic carbocycles. The molecule has 6 heteroatoms. The minimum Gasteiger partial charge on any atom is -0.497 e. The summed E-state index contributed by atoms with van der Waals surface area (Å²) in [5.41, 5.74) is 2.96. The van der Waals surface area contributed by atoms with E-state index in [1.165, 1.54) is 11.8 Å². The number of allylic oxidation sites excluding steroid dienone is 1. The van der Waals surface area contributed by atoms with E-state index < -0.39 is 10.7 Å². The highest BCUT2D eigenvalue weighted by atomic mass is 32.2. The maximum absolute atomic E-state index is 14.3. The molecule has 1 atom stereocenters. The SMILES string of the molecule is CCOC(=O)C1=C(C)N(Cc2ccccc2)C(=O)[C@@]1(Cc1ccc(OC)cc1)Sc1ccccc1. The Morgan fingerprint density at radius 2 is 1.54 bits per heavy atom. The summed E-state index contributed by atoms with van der Waals surface area (Å²) in [5, 5.41) is 0. The van der Waals surface area contributed by atoms with Crippen molar-refractivity contribution in [2.45, 2.75) is 36.5 Å². The molecule has 0 bridgehead atoms. The fraction of sp³-hybridized carbons (Fsp3) is 0.241. The van der Waals surface area contributed by atoms with Gasteiger partial charge in [-0.25, -0.2) is 4.79 Å². The lowest BCUT2D eigenvalue weighted by Gasteiger charge is -2.30. The molecule has 4 rings (SSSR count). The molecule has 0 spiro atoms. The average Bonchev–Trinajstić information content (AvgIpc) is 3.07. The third-order valence-electron chi connectivity index (χ3n) is 6.07. The van der Waals surface area contributed by atoms with E-state index >= 15 is 0 Å². The van der Waals surface area contributed by atoms with Gasteiger partial charge in [0.05, 0.1) is 25.8 Å². The van der Waals surface area contributed by atoms with Gasteiger partial charge in [-0.1, -0.05) is 60.7 Å². The third-order valence-corrected chi connectivity index (χ3v) is 7.45. The predicted octanol–water partition coefficient (Wildman–Crippen LogP) is 5.65. The van der Waals surface area contributed by atoms with Crippen molar-refractivity contribution < 1.29 is 19.1 Å². The predicted molar refractivity (Wildman–Crippen MR) is 138 cm³/mol. The molecular weight excluding hydrogens is 458 g/mol. The number of esters is 1. The number of ether oxygens (including phenoxy) is 2. The number of nitrogens with zero attached hydrogens (tertiary/aromatic N) is 1. The van der Waals surface area contributed by atoms with Crippen LogP contribution in [0.5, 0.6) is 5.75 Å². The first-order valence-electron chi connectivity index (χ1n) is 11.6. The van der Waals surface area contributed by atoms with Gasteiger partial charge in [0.15, 0.2) is 0 Å². The van der Waals surface area contributed by atoms with Crippen molar-refractivity contribution in [3.05, 3.63) is 107 Å². The largest absolute Gasteiger partial charge is 0.497 e. The van der Waals surface area contributed by atoms with E-state index in [1.54, 1.807) is 18.9 Å². The summed E-state index contributed by atoms with van der Waals surface area (Å²) in [4.78, 5) is 30.4. The summed E-state index contributed by atoms with van der Waals surface area (Å²) in [6.07, 6.45) is 0.339. The Morgan fingerprint density at radius 1 is 0.914 bits per heavy atom. The summed E-state index contributed by atoms with van der Waals surface area (Å²) in [5.74, 6) is 0.164. The molecule has 180 valence electrons. The fourth-order valence-electron chi connectivity index (χ4n) is 4.39. The Labute approximate surface area is 210 Å². The summed E-state index contributed by atoms with van der Waals surface area (Å²) in [7, 11) is 1.62. The number of hydrogen-bond acceptors (Lipinski definition) is 5. The quantitative estimate of drug-likeness (QED) is 0.365. The van der Waals surface area contributed by atoms with Crippen LogP contribution in [0.25, 0.3) is 0 Å². The van der Waals surface area contributed by atoms with Crippen LogP contribution in [-0.4, -0.2) is 35.2 Å². The van der Waals surface area contributed by atoms with Crippen molar-refractivity contribution >= 4 is 23.6 Å². The Hall–Kier alpha value is -3.51. The van der Waals surface area contributed by atoms with Gasteiger partial charge in [-0.15, -0.1) is 11.8 Å². The average molecular weight is 488 g/mol. The van der Waals surface area contributed by atoms with Crippen LogP contribution in [0.15, 0.2) is 101 Å². The number of thioether (sulfide) groups is 1. The smallest absolute Gasteiger partial charge is 0.337 e. The molecule has 0 saturated carbocycles. The number of carbonyl (C=O) groups excluding carboxylic acids is 2. The fourth-order valence-corrected chi connectivity index (χ4v) is 5.86. The summed E-state index contributed by atoms with van der Waals surface area (Å²) < 4.78 is 9.64. The minimum absolute atomic E-state index is 0.119. The highest BCUT2D eigenvalue weighted by Crippen LogP contribution is 2.49. The molecule has 0 saturated heterocycles. The lowest BCUT2D eigenvalue weighted by Crippen LogP contribution is -2.43. The molecule has 0 aromatic heterocycles. The van der Waals surface area contributed by atoms with Crippen LogP contribution in [0.3, 0.4) is 0 Å². The second-order valence-electron chi connectivity index (χ2n) is 8.32. The Balaban J connectivity index is 1.84. The van der Waals surface area contributed by atoms with Crippen molar-refractivity contribution in [1.82, 2.24) is 4.90 Å². The van der Waals surface area contributed by atoms with E-state index in [2.05, 4.69) is 0 Å². The second-order valence-corrected chi connectivity index (χ2v) is 9.70. The van der Waals surface area contributed by atoms with Gasteiger partial charge in [-0.05, 0) is 49.2 Å². The maximum atomic E-state index is 14.3. The lowest BCUT2D eigenvalue weighted by atomic mass is 9.91. The standard InChI is InChI=1S/C29H29NO4S/c1-4-34-27(31)26-21(2)30(20-23-11-7-5-8-12-23)28(32)29(26,35-25-13-9-6-10-14-25)19-22-15-17-24(33-3)18-16-22/h5-18H,4,19-20H2,1-3H3/t29-/m0/s1. The van der Waals surface area contributed by atoms with Crippen LogP contribution >= 0.6 is 11.8 Å². The molecular formula is C29H29NO4S. The van der Waals surface area contributed by atoms with Crippen LogP contribution in [0.1, 0.15) is 25.0 Å². The lowest BCUT2D eigenvalue weighted by molar-refractivity contribution is -0.140. The zero-order chi connectivity index (χ0) is 24.8. The molecule has 3 aromatic rings. The maximum Gasteiger partial charge on any atom is 0.337 e. The number of benzene rings is 3. The van der Waals surface area contributed by atoms with E-state index in [4.69, 9.17) is 9.47 Å². The molecule has 0 radical (unpaired) electrons. The second kappa shape index (κ2) is 10.8. The van der Waals surface area contributed by atoms with Gasteiger partial charge >= 0.3 is 5.97 Å². The van der Waals surface area contributed by atoms with Crippen molar-refractivity contribution in [1.29, 1.82) is 0 Å². The number of methoxy groups -OCH3 is 1. The van der Waals surface area contributed by atoms with Gasteiger partial charge in [0.1, 0.15) is 10.5 Å². The van der Waals surface area contributed by atoms with E-state index in [1.807, 2.05) is 91.9 Å². The molecule has 1 amide bonds. The van der Waals surface area contributed by atoms with Crippen molar-refractivity contribution in [3.63, 3.8) is 0 Å². The first-order chi connectivity index (χ1) is 17.0. The van der Waals surface area contributed by atoms with Crippen molar-refractivity contribution in [3.8, 4) is 5.75 Å². The summed E-state index contributed by atoms with van der Waals surface area (Å²) >= 11 is 1.41. The number of hydrogen-bond donors (Lipinski definition) is 0. The zero-order valence-electron chi connectivity index (χ0n) is 20.2. The zero-order valence-corrected chi connectivity index (χ0v) is 21.0. The topological polar surface area (TPSA) is 55.8 Å². The first kappa shape index (κ1) is 24.6. The highest BCUT2D eigenvalue weighted by molar-refractivity contribution is 8.01. The molecule has 1 heterocycles. The number of amides is 1. The highest BCUT2D eigenvalue weighted by Gasteiger charge is 2.55. The van der Waals surface area contributed by atoms with E-state index in [0.29, 0.717) is 24.2 Å². The third kappa shape index (κ3) is 5.13. The number of rotatable bonds is 9. The van der Waals surface area contributed by atoms with E-state index in [0.717, 1.165) is 21.8 Å². The van der Waals surface area contributed by atoms with Crippen LogP contribution in [-0.2, 0) is 27.3 Å². The first-order valence-corrected chi connectivity index (χ1v) is 12.4. The molecule has 3 aromatic carbocycles. The molecule has 0 N–H and O–H groups in total. The molecule has 35 heavy (non-hydrogen) atoms.